The van der Waals surface area contributed by atoms with Gasteiger partial charge in [0.25, 0.3) is 0 Å². The second-order valence-electron chi connectivity index (χ2n) is 5.25. The molecule has 1 heterocycles. The zero-order chi connectivity index (χ0) is 16.6. The molecule has 0 aliphatic heterocycles. The SMILES string of the molecule is COc1ccccc1CCNc1ccnc(Nc2ccccc2)n1. The highest BCUT2D eigenvalue weighted by atomic mass is 16.5. The van der Waals surface area contributed by atoms with Crippen LogP contribution in [0.2, 0.25) is 0 Å². The Balaban J connectivity index is 1.59. The van der Waals surface area contributed by atoms with Gasteiger partial charge in [-0.2, -0.15) is 4.98 Å². The number of methoxy groups -OCH3 is 1. The number of rotatable bonds is 7. The van der Waals surface area contributed by atoms with Gasteiger partial charge in [-0.25, -0.2) is 4.98 Å². The van der Waals surface area contributed by atoms with Crippen molar-refractivity contribution in [1.29, 1.82) is 0 Å². The molecule has 0 aliphatic carbocycles. The minimum absolute atomic E-state index is 0.573. The van der Waals surface area contributed by atoms with Crippen molar-refractivity contribution in [3.8, 4) is 5.75 Å². The van der Waals surface area contributed by atoms with Crippen LogP contribution in [0.3, 0.4) is 0 Å². The van der Waals surface area contributed by atoms with Crippen LogP contribution in [-0.2, 0) is 6.42 Å². The van der Waals surface area contributed by atoms with Gasteiger partial charge in [-0.3, -0.25) is 0 Å². The molecule has 2 aromatic carbocycles. The normalized spacial score (nSPS) is 10.2. The Morgan fingerprint density at radius 3 is 2.58 bits per heavy atom. The molecule has 0 fully saturated rings. The molecule has 122 valence electrons. The second kappa shape index (κ2) is 7.97. The van der Waals surface area contributed by atoms with Gasteiger partial charge in [-0.15, -0.1) is 0 Å². The van der Waals surface area contributed by atoms with Gasteiger partial charge in [-0.1, -0.05) is 36.4 Å². The molecule has 2 N–H and O–H groups in total. The van der Waals surface area contributed by atoms with E-state index >= 15 is 0 Å². The number of anilines is 3. The van der Waals surface area contributed by atoms with E-state index in [1.165, 1.54) is 5.56 Å². The summed E-state index contributed by atoms with van der Waals surface area (Å²) in [5.74, 6) is 2.27. The third-order valence-electron chi connectivity index (χ3n) is 3.58. The standard InChI is InChI=1S/C19H20N4O/c1-24-17-10-6-5-7-15(17)11-13-20-18-12-14-21-19(23-18)22-16-8-3-2-4-9-16/h2-10,12,14H,11,13H2,1H3,(H2,20,21,22,23). The van der Waals surface area contributed by atoms with Crippen LogP contribution in [0.1, 0.15) is 5.56 Å². The minimum Gasteiger partial charge on any atom is -0.496 e. The predicted molar refractivity (Wildman–Crippen MR) is 96.9 cm³/mol. The average molecular weight is 320 g/mol. The molecule has 0 atom stereocenters. The van der Waals surface area contributed by atoms with Gasteiger partial charge in [0.2, 0.25) is 5.95 Å². The first-order valence-electron chi connectivity index (χ1n) is 7.86. The van der Waals surface area contributed by atoms with Crippen LogP contribution in [0.4, 0.5) is 17.5 Å². The highest BCUT2D eigenvalue weighted by molar-refractivity contribution is 5.54. The lowest BCUT2D eigenvalue weighted by Gasteiger charge is -2.10. The van der Waals surface area contributed by atoms with E-state index < -0.39 is 0 Å². The molecule has 0 saturated carbocycles. The van der Waals surface area contributed by atoms with E-state index in [-0.39, 0.29) is 0 Å². The smallest absolute Gasteiger partial charge is 0.229 e. The molecule has 3 rings (SSSR count). The molecule has 0 aliphatic rings. The quantitative estimate of drug-likeness (QED) is 0.692. The molecule has 1 aromatic heterocycles. The summed E-state index contributed by atoms with van der Waals surface area (Å²) in [5, 5.41) is 6.51. The summed E-state index contributed by atoms with van der Waals surface area (Å²) in [6, 6.07) is 19.8. The van der Waals surface area contributed by atoms with Crippen molar-refractivity contribution in [2.75, 3.05) is 24.3 Å². The molecule has 0 radical (unpaired) electrons. The third kappa shape index (κ3) is 4.23. The van der Waals surface area contributed by atoms with Gasteiger partial charge < -0.3 is 15.4 Å². The van der Waals surface area contributed by atoms with Crippen molar-refractivity contribution >= 4 is 17.5 Å². The lowest BCUT2D eigenvalue weighted by molar-refractivity contribution is 0.410. The number of hydrogen-bond acceptors (Lipinski definition) is 5. The van der Waals surface area contributed by atoms with Crippen molar-refractivity contribution in [2.24, 2.45) is 0 Å². The van der Waals surface area contributed by atoms with E-state index in [9.17, 15) is 0 Å². The molecule has 0 spiro atoms. The van der Waals surface area contributed by atoms with Gasteiger partial charge in [0.1, 0.15) is 11.6 Å². The molecule has 24 heavy (non-hydrogen) atoms. The van der Waals surface area contributed by atoms with E-state index in [1.54, 1.807) is 13.3 Å². The predicted octanol–water partition coefficient (Wildman–Crippen LogP) is 3.88. The Morgan fingerprint density at radius 1 is 0.958 bits per heavy atom. The molecule has 3 aromatic rings. The number of para-hydroxylation sites is 2. The summed E-state index contributed by atoms with van der Waals surface area (Å²) >= 11 is 0. The first kappa shape index (κ1) is 15.8. The Bertz CT molecular complexity index is 777. The van der Waals surface area contributed by atoms with Crippen LogP contribution in [0.5, 0.6) is 5.75 Å². The molecular weight excluding hydrogens is 300 g/mol. The van der Waals surface area contributed by atoms with Crippen LogP contribution in [0.25, 0.3) is 0 Å². The first-order chi connectivity index (χ1) is 11.8. The Kier molecular flexibility index (Phi) is 5.24. The minimum atomic E-state index is 0.573. The number of hydrogen-bond donors (Lipinski definition) is 2. The van der Waals surface area contributed by atoms with E-state index in [1.807, 2.05) is 54.6 Å². The number of nitrogens with zero attached hydrogens (tertiary/aromatic N) is 2. The molecule has 0 unspecified atom stereocenters. The fraction of sp³-hybridized carbons (Fsp3) is 0.158. The maximum absolute atomic E-state index is 5.37. The summed E-state index contributed by atoms with van der Waals surface area (Å²) in [4.78, 5) is 8.72. The molecule has 0 bridgehead atoms. The highest BCUT2D eigenvalue weighted by Gasteiger charge is 2.03. The maximum atomic E-state index is 5.37. The van der Waals surface area contributed by atoms with E-state index in [4.69, 9.17) is 4.74 Å². The molecule has 5 nitrogen and oxygen atoms in total. The van der Waals surface area contributed by atoms with E-state index in [0.717, 1.165) is 30.2 Å². The molecular formula is C19H20N4O. The third-order valence-corrected chi connectivity index (χ3v) is 3.58. The van der Waals surface area contributed by atoms with Gasteiger partial charge in [-0.05, 0) is 36.2 Å². The lowest BCUT2D eigenvalue weighted by atomic mass is 10.1. The van der Waals surface area contributed by atoms with Crippen LogP contribution < -0.4 is 15.4 Å². The summed E-state index contributed by atoms with van der Waals surface area (Å²) in [6.07, 6.45) is 2.60. The summed E-state index contributed by atoms with van der Waals surface area (Å²) < 4.78 is 5.37. The van der Waals surface area contributed by atoms with Crippen LogP contribution >= 0.6 is 0 Å². The zero-order valence-electron chi connectivity index (χ0n) is 13.6. The van der Waals surface area contributed by atoms with Crippen molar-refractivity contribution in [3.05, 3.63) is 72.4 Å². The van der Waals surface area contributed by atoms with Gasteiger partial charge in [0.05, 0.1) is 7.11 Å². The van der Waals surface area contributed by atoms with Crippen molar-refractivity contribution < 1.29 is 4.74 Å². The second-order valence-corrected chi connectivity index (χ2v) is 5.25. The fourth-order valence-corrected chi connectivity index (χ4v) is 2.40. The monoisotopic (exact) mass is 320 g/mol. The van der Waals surface area contributed by atoms with Gasteiger partial charge in [0, 0.05) is 18.4 Å². The van der Waals surface area contributed by atoms with E-state index in [2.05, 4.69) is 26.7 Å². The average Bonchev–Trinajstić information content (AvgIpc) is 2.63. The van der Waals surface area contributed by atoms with Gasteiger partial charge >= 0.3 is 0 Å². The highest BCUT2D eigenvalue weighted by Crippen LogP contribution is 2.18. The number of ether oxygens (including phenoxy) is 1. The number of nitrogens with one attached hydrogen (secondary N) is 2. The van der Waals surface area contributed by atoms with Crippen molar-refractivity contribution in [2.45, 2.75) is 6.42 Å². The maximum Gasteiger partial charge on any atom is 0.229 e. The number of benzene rings is 2. The Hall–Kier alpha value is -3.08. The topological polar surface area (TPSA) is 59.1 Å². The van der Waals surface area contributed by atoms with Gasteiger partial charge in [0.15, 0.2) is 0 Å². The van der Waals surface area contributed by atoms with Crippen LogP contribution in [0, 0.1) is 0 Å². The zero-order valence-corrected chi connectivity index (χ0v) is 13.6. The first-order valence-corrected chi connectivity index (χ1v) is 7.86. The molecule has 5 heteroatoms. The van der Waals surface area contributed by atoms with Crippen molar-refractivity contribution in [3.63, 3.8) is 0 Å². The Labute approximate surface area is 141 Å². The fourth-order valence-electron chi connectivity index (χ4n) is 2.40. The summed E-state index contributed by atoms with van der Waals surface area (Å²) in [6.45, 7) is 0.766. The Morgan fingerprint density at radius 2 is 1.75 bits per heavy atom. The molecule has 0 amide bonds. The lowest BCUT2D eigenvalue weighted by Crippen LogP contribution is -2.08. The van der Waals surface area contributed by atoms with E-state index in [0.29, 0.717) is 5.95 Å². The summed E-state index contributed by atoms with van der Waals surface area (Å²) in [7, 11) is 1.69. The molecule has 0 saturated heterocycles. The van der Waals surface area contributed by atoms with Crippen LogP contribution in [-0.4, -0.2) is 23.6 Å². The van der Waals surface area contributed by atoms with Crippen molar-refractivity contribution in [1.82, 2.24) is 9.97 Å². The largest absolute Gasteiger partial charge is 0.496 e. The number of aromatic nitrogens is 2. The summed E-state index contributed by atoms with van der Waals surface area (Å²) in [5.41, 5.74) is 2.13. The van der Waals surface area contributed by atoms with Crippen LogP contribution in [0.15, 0.2) is 66.9 Å².